The number of rotatable bonds is 0. The van der Waals surface area contributed by atoms with Crippen molar-refractivity contribution in [3.8, 4) is 0 Å². The SMILES string of the molecule is CP1(=O)OP(C)(=O)c2ccc1cc2. The first-order valence-electron chi connectivity index (χ1n) is 3.89. The second kappa shape index (κ2) is 2.57. The van der Waals surface area contributed by atoms with Crippen LogP contribution in [0, 0.1) is 0 Å². The Kier molecular flexibility index (Phi) is 1.82. The Hall–Kier alpha value is -0.360. The molecular weight excluding hydrogens is 206 g/mol. The normalized spacial score (nSPS) is 37.4. The summed E-state index contributed by atoms with van der Waals surface area (Å²) >= 11 is 0. The molecule has 0 saturated heterocycles. The molecule has 2 heterocycles. The van der Waals surface area contributed by atoms with Gasteiger partial charge in [0.05, 0.1) is 0 Å². The van der Waals surface area contributed by atoms with Crippen LogP contribution in [-0.4, -0.2) is 13.3 Å². The molecule has 0 fully saturated rings. The zero-order valence-corrected chi connectivity index (χ0v) is 9.22. The van der Waals surface area contributed by atoms with E-state index in [0.29, 0.717) is 10.6 Å². The molecule has 13 heavy (non-hydrogen) atoms. The fraction of sp³-hybridized carbons (Fsp3) is 0.250. The zero-order valence-electron chi connectivity index (χ0n) is 7.43. The van der Waals surface area contributed by atoms with E-state index in [4.69, 9.17) is 4.31 Å². The monoisotopic (exact) mass is 216 g/mol. The van der Waals surface area contributed by atoms with E-state index in [-0.39, 0.29) is 0 Å². The average molecular weight is 216 g/mol. The number of fused-ring (bicyclic) bond motifs is 4. The second-order valence-corrected chi connectivity index (χ2v) is 8.36. The minimum Gasteiger partial charge on any atom is -0.288 e. The summed E-state index contributed by atoms with van der Waals surface area (Å²) in [5.41, 5.74) is 0. The Labute approximate surface area is 77.0 Å². The molecule has 2 aliphatic heterocycles. The quantitative estimate of drug-likeness (QED) is 0.621. The van der Waals surface area contributed by atoms with Crippen molar-refractivity contribution in [2.24, 2.45) is 0 Å². The number of hydrogen-bond donors (Lipinski definition) is 0. The van der Waals surface area contributed by atoms with E-state index in [0.717, 1.165) is 0 Å². The number of benzene rings is 1. The molecular formula is C8H10O3P2. The maximum atomic E-state index is 11.9. The molecule has 0 N–H and O–H groups in total. The molecule has 2 aliphatic rings. The Balaban J connectivity index is 2.74. The van der Waals surface area contributed by atoms with Crippen molar-refractivity contribution >= 4 is 25.3 Å². The van der Waals surface area contributed by atoms with Crippen LogP contribution in [0.1, 0.15) is 0 Å². The van der Waals surface area contributed by atoms with E-state index < -0.39 is 14.7 Å². The lowest BCUT2D eigenvalue weighted by Crippen LogP contribution is -2.01. The first-order valence-corrected chi connectivity index (χ1v) is 8.04. The van der Waals surface area contributed by atoms with E-state index in [2.05, 4.69) is 0 Å². The Morgan fingerprint density at radius 3 is 1.54 bits per heavy atom. The third kappa shape index (κ3) is 1.42. The van der Waals surface area contributed by atoms with E-state index in [9.17, 15) is 9.13 Å². The highest BCUT2D eigenvalue weighted by atomic mass is 31.2. The molecule has 0 aromatic heterocycles. The maximum absolute atomic E-state index is 11.9. The van der Waals surface area contributed by atoms with Gasteiger partial charge in [-0.05, 0) is 24.3 Å². The highest BCUT2D eigenvalue weighted by Gasteiger charge is 2.33. The molecule has 1 aromatic rings. The van der Waals surface area contributed by atoms with Gasteiger partial charge in [0.15, 0.2) is 0 Å². The molecule has 3 rings (SSSR count). The molecule has 2 atom stereocenters. The van der Waals surface area contributed by atoms with Gasteiger partial charge in [0.25, 0.3) is 0 Å². The van der Waals surface area contributed by atoms with Crippen LogP contribution < -0.4 is 10.6 Å². The van der Waals surface area contributed by atoms with Crippen LogP contribution in [-0.2, 0) is 13.4 Å². The molecule has 1 aromatic carbocycles. The van der Waals surface area contributed by atoms with Crippen LogP contribution in [0.3, 0.4) is 0 Å². The van der Waals surface area contributed by atoms with Gasteiger partial charge < -0.3 is 0 Å². The van der Waals surface area contributed by atoms with Crippen molar-refractivity contribution in [2.75, 3.05) is 13.3 Å². The van der Waals surface area contributed by atoms with Gasteiger partial charge in [-0.1, -0.05) is 0 Å². The van der Waals surface area contributed by atoms with Crippen LogP contribution >= 0.6 is 14.7 Å². The maximum Gasteiger partial charge on any atom is 0.234 e. The van der Waals surface area contributed by atoms with Gasteiger partial charge in [0.1, 0.15) is 0 Å². The van der Waals surface area contributed by atoms with Crippen LogP contribution in [0.5, 0.6) is 0 Å². The molecule has 2 unspecified atom stereocenters. The summed E-state index contributed by atoms with van der Waals surface area (Å²) in [7, 11) is -5.72. The molecule has 0 radical (unpaired) electrons. The number of hydrogen-bond acceptors (Lipinski definition) is 3. The van der Waals surface area contributed by atoms with Crippen molar-refractivity contribution in [1.29, 1.82) is 0 Å². The Bertz CT molecular complexity index is 394. The van der Waals surface area contributed by atoms with Crippen LogP contribution in [0.2, 0.25) is 0 Å². The van der Waals surface area contributed by atoms with Crippen molar-refractivity contribution < 1.29 is 13.4 Å². The third-order valence-electron chi connectivity index (χ3n) is 2.10. The second-order valence-electron chi connectivity index (χ2n) is 3.29. The first-order chi connectivity index (χ1) is 5.92. The fourth-order valence-electron chi connectivity index (χ4n) is 1.39. The minimum absolute atomic E-state index is 0.635. The van der Waals surface area contributed by atoms with Crippen LogP contribution in [0.15, 0.2) is 24.3 Å². The summed E-state index contributed by atoms with van der Waals surface area (Å²) in [6.07, 6.45) is 0. The first kappa shape index (κ1) is 9.21. The molecule has 0 aliphatic carbocycles. The molecule has 2 bridgehead atoms. The van der Waals surface area contributed by atoms with Crippen molar-refractivity contribution in [3.05, 3.63) is 24.3 Å². The van der Waals surface area contributed by atoms with E-state index in [1.54, 1.807) is 24.3 Å². The molecule has 5 heteroatoms. The van der Waals surface area contributed by atoms with E-state index >= 15 is 0 Å². The minimum atomic E-state index is -2.86. The molecule has 0 spiro atoms. The van der Waals surface area contributed by atoms with Crippen LogP contribution in [0.25, 0.3) is 0 Å². The van der Waals surface area contributed by atoms with Gasteiger partial charge in [0, 0.05) is 23.9 Å². The van der Waals surface area contributed by atoms with Gasteiger partial charge in [0.2, 0.25) is 14.7 Å². The van der Waals surface area contributed by atoms with E-state index in [1.165, 1.54) is 13.3 Å². The average Bonchev–Trinajstić information content (AvgIpc) is 2.14. The van der Waals surface area contributed by atoms with E-state index in [1.807, 2.05) is 0 Å². The summed E-state index contributed by atoms with van der Waals surface area (Å²) in [5.74, 6) is 0. The molecule has 0 saturated carbocycles. The lowest BCUT2D eigenvalue weighted by molar-refractivity contribution is 0.480. The standard InChI is InChI=1S/C8H10O3P2/c1-12(9)7-3-5-8(6-4-7)13(2,10)11-12/h3-6H,1-2H3. The summed E-state index contributed by atoms with van der Waals surface area (Å²) in [6.45, 7) is 3.00. The van der Waals surface area contributed by atoms with Gasteiger partial charge in [-0.25, -0.2) is 0 Å². The summed E-state index contributed by atoms with van der Waals surface area (Å²) in [6, 6.07) is 6.89. The largest absolute Gasteiger partial charge is 0.288 e. The predicted molar refractivity (Wildman–Crippen MR) is 53.9 cm³/mol. The van der Waals surface area contributed by atoms with Crippen LogP contribution in [0.4, 0.5) is 0 Å². The molecule has 70 valence electrons. The highest BCUT2D eigenvalue weighted by Crippen LogP contribution is 2.60. The van der Waals surface area contributed by atoms with Crippen molar-refractivity contribution in [1.82, 2.24) is 0 Å². The lowest BCUT2D eigenvalue weighted by atomic mass is 10.4. The third-order valence-corrected chi connectivity index (χ3v) is 7.06. The Morgan fingerprint density at radius 1 is 0.923 bits per heavy atom. The zero-order chi connectivity index (χ0) is 9.69. The lowest BCUT2D eigenvalue weighted by Gasteiger charge is -2.14. The van der Waals surface area contributed by atoms with Crippen molar-refractivity contribution in [3.63, 3.8) is 0 Å². The van der Waals surface area contributed by atoms with Gasteiger partial charge >= 0.3 is 0 Å². The highest BCUT2D eigenvalue weighted by molar-refractivity contribution is 7.79. The predicted octanol–water partition coefficient (Wildman–Crippen LogP) is 1.78. The van der Waals surface area contributed by atoms with Crippen molar-refractivity contribution in [2.45, 2.75) is 0 Å². The molecule has 0 amide bonds. The summed E-state index contributed by atoms with van der Waals surface area (Å²) in [5, 5.41) is 1.27. The Morgan fingerprint density at radius 2 is 1.23 bits per heavy atom. The fourth-order valence-corrected chi connectivity index (χ4v) is 5.90. The smallest absolute Gasteiger partial charge is 0.234 e. The van der Waals surface area contributed by atoms with Gasteiger partial charge in [-0.2, -0.15) is 0 Å². The summed E-state index contributed by atoms with van der Waals surface area (Å²) < 4.78 is 29.0. The van der Waals surface area contributed by atoms with Gasteiger partial charge in [-0.15, -0.1) is 0 Å². The summed E-state index contributed by atoms with van der Waals surface area (Å²) in [4.78, 5) is 0. The molecule has 3 nitrogen and oxygen atoms in total. The van der Waals surface area contributed by atoms with Gasteiger partial charge in [-0.3, -0.25) is 13.4 Å². The topological polar surface area (TPSA) is 43.4 Å².